The molecule has 3 nitrogen and oxygen atoms in total. The average molecular weight is 415 g/mol. The number of methoxy groups -OCH3 is 1. The Labute approximate surface area is 162 Å². The Morgan fingerprint density at radius 3 is 2.38 bits per heavy atom. The minimum absolute atomic E-state index is 0.0818. The average Bonchev–Trinajstić information content (AvgIpc) is 2.96. The Morgan fingerprint density at radius 2 is 1.77 bits per heavy atom. The number of benzene rings is 2. The number of hydrogen-bond acceptors (Lipinski definition) is 2. The summed E-state index contributed by atoms with van der Waals surface area (Å²) in [6, 6.07) is 20.6. The monoisotopic (exact) mass is 416 g/mol. The summed E-state index contributed by atoms with van der Waals surface area (Å²) >= 11 is 0.385. The van der Waals surface area contributed by atoms with Crippen LogP contribution < -0.4 is 4.46 Å². The summed E-state index contributed by atoms with van der Waals surface area (Å²) in [4.78, 5) is 12.7. The third kappa shape index (κ3) is 4.43. The normalized spacial score (nSPS) is 19.7. The van der Waals surface area contributed by atoms with E-state index < -0.39 is 0 Å². The van der Waals surface area contributed by atoms with E-state index in [4.69, 9.17) is 4.74 Å². The molecule has 2 aromatic carbocycles. The third-order valence-electron chi connectivity index (χ3n) is 4.71. The molecule has 1 heterocycles. The minimum atomic E-state index is -0.375. The molecule has 2 aromatic rings. The number of esters is 1. The first kappa shape index (κ1) is 18.9. The number of carbonyl (C=O) groups is 1. The molecule has 0 aliphatic carbocycles. The first-order valence-corrected chi connectivity index (χ1v) is 11.0. The second-order valence-electron chi connectivity index (χ2n) is 7.38. The van der Waals surface area contributed by atoms with Crippen LogP contribution in [0.4, 0.5) is 0 Å². The van der Waals surface area contributed by atoms with Gasteiger partial charge >= 0.3 is 162 Å². The Kier molecular flexibility index (Phi) is 5.95. The molecule has 3 rings (SSSR count). The predicted molar refractivity (Wildman–Crippen MR) is 106 cm³/mol. The zero-order chi connectivity index (χ0) is 18.6. The molecule has 0 saturated carbocycles. The summed E-state index contributed by atoms with van der Waals surface area (Å²) in [5.74, 6) is -0.192. The van der Waals surface area contributed by atoms with E-state index in [-0.39, 0.29) is 17.4 Å². The van der Waals surface area contributed by atoms with Crippen LogP contribution in [-0.2, 0) is 9.53 Å². The van der Waals surface area contributed by atoms with Gasteiger partial charge in [-0.2, -0.15) is 0 Å². The van der Waals surface area contributed by atoms with Gasteiger partial charge in [0.05, 0.1) is 0 Å². The molecule has 0 spiro atoms. The van der Waals surface area contributed by atoms with Gasteiger partial charge < -0.3 is 0 Å². The molecule has 0 saturated heterocycles. The number of carbonyl (C=O) groups excluding carboxylic acids is 1. The van der Waals surface area contributed by atoms with Crippen LogP contribution in [0.3, 0.4) is 0 Å². The van der Waals surface area contributed by atoms with Crippen LogP contribution in [0.25, 0.3) is 0 Å². The van der Waals surface area contributed by atoms with Gasteiger partial charge in [0.2, 0.25) is 0 Å². The summed E-state index contributed by atoms with van der Waals surface area (Å²) in [5.41, 5.74) is 1.07. The van der Waals surface area contributed by atoms with E-state index in [1.54, 1.807) is 0 Å². The van der Waals surface area contributed by atoms with Gasteiger partial charge in [0.25, 0.3) is 0 Å². The van der Waals surface area contributed by atoms with Gasteiger partial charge in [0.15, 0.2) is 0 Å². The van der Waals surface area contributed by atoms with Crippen molar-refractivity contribution in [3.05, 3.63) is 66.2 Å². The van der Waals surface area contributed by atoms with Gasteiger partial charge in [-0.05, 0) is 0 Å². The molecule has 1 aliphatic heterocycles. The van der Waals surface area contributed by atoms with Crippen LogP contribution in [0.1, 0.15) is 31.9 Å². The standard InChI is InChI=1S/C22H26NO2Se/c1-22(2)14-18(15-26-19-12-8-5-9-13-19)23(16-22)20(21(24)25-3)17-10-6-4-7-11-17/h4-13,16,18,20H,14-15H2,1-3H3/q+1/t18?,20-/m1/s1. The molecular formula is C22H26NO2Se+. The molecule has 2 atom stereocenters. The Morgan fingerprint density at radius 1 is 1.15 bits per heavy atom. The van der Waals surface area contributed by atoms with Crippen molar-refractivity contribution in [3.8, 4) is 0 Å². The molecule has 1 aliphatic rings. The van der Waals surface area contributed by atoms with Gasteiger partial charge in [-0.3, -0.25) is 0 Å². The summed E-state index contributed by atoms with van der Waals surface area (Å²) in [7, 11) is 1.47. The summed E-state index contributed by atoms with van der Waals surface area (Å²) in [6.45, 7) is 4.49. The first-order chi connectivity index (χ1) is 12.5. The number of ether oxygens (including phenoxy) is 1. The Hall–Kier alpha value is -1.90. The van der Waals surface area contributed by atoms with E-state index >= 15 is 0 Å². The summed E-state index contributed by atoms with van der Waals surface area (Å²) < 4.78 is 8.82. The third-order valence-corrected chi connectivity index (χ3v) is 7.13. The quantitative estimate of drug-likeness (QED) is 0.412. The molecule has 0 bridgehead atoms. The van der Waals surface area contributed by atoms with Crippen molar-refractivity contribution in [1.82, 2.24) is 0 Å². The Bertz CT molecular complexity index is 771. The van der Waals surface area contributed by atoms with E-state index in [2.05, 4.69) is 55.0 Å². The van der Waals surface area contributed by atoms with Crippen LogP contribution in [0, 0.1) is 5.41 Å². The van der Waals surface area contributed by atoms with Crippen LogP contribution in [0.2, 0.25) is 5.32 Å². The van der Waals surface area contributed by atoms with Crippen LogP contribution in [0.5, 0.6) is 0 Å². The number of hydrogen-bond donors (Lipinski definition) is 0. The number of nitrogens with zero attached hydrogens (tertiary/aromatic N) is 1. The molecule has 26 heavy (non-hydrogen) atoms. The van der Waals surface area contributed by atoms with E-state index in [0.717, 1.165) is 17.3 Å². The molecule has 0 N–H and O–H groups in total. The molecule has 0 radical (unpaired) electrons. The fraction of sp³-hybridized carbons (Fsp3) is 0.364. The molecule has 0 aromatic heterocycles. The molecular weight excluding hydrogens is 389 g/mol. The predicted octanol–water partition coefficient (Wildman–Crippen LogP) is 3.23. The summed E-state index contributed by atoms with van der Waals surface area (Å²) in [6.07, 6.45) is 3.30. The van der Waals surface area contributed by atoms with Gasteiger partial charge in [0.1, 0.15) is 0 Å². The van der Waals surface area contributed by atoms with Crippen molar-refractivity contribution in [2.75, 3.05) is 7.11 Å². The van der Waals surface area contributed by atoms with Gasteiger partial charge in [-0.15, -0.1) is 0 Å². The van der Waals surface area contributed by atoms with E-state index in [1.165, 1.54) is 11.6 Å². The second kappa shape index (κ2) is 8.20. The van der Waals surface area contributed by atoms with Crippen molar-refractivity contribution in [3.63, 3.8) is 0 Å². The first-order valence-electron chi connectivity index (χ1n) is 8.94. The second-order valence-corrected chi connectivity index (χ2v) is 9.68. The molecule has 0 amide bonds. The SMILES string of the molecule is COC(=O)[C@@H](c1ccccc1)[N+]1=CC(C)(C)CC1C[Se]c1ccccc1. The zero-order valence-corrected chi connectivity index (χ0v) is 17.3. The molecule has 4 heteroatoms. The van der Waals surface area contributed by atoms with Crippen molar-refractivity contribution in [2.45, 2.75) is 37.7 Å². The fourth-order valence-corrected chi connectivity index (χ4v) is 5.74. The van der Waals surface area contributed by atoms with Gasteiger partial charge in [0, 0.05) is 0 Å². The van der Waals surface area contributed by atoms with Crippen LogP contribution >= 0.6 is 0 Å². The van der Waals surface area contributed by atoms with Gasteiger partial charge in [-0.25, -0.2) is 0 Å². The topological polar surface area (TPSA) is 29.3 Å². The van der Waals surface area contributed by atoms with Gasteiger partial charge in [-0.1, -0.05) is 0 Å². The fourth-order valence-electron chi connectivity index (χ4n) is 3.59. The van der Waals surface area contributed by atoms with Crippen LogP contribution in [0.15, 0.2) is 60.7 Å². The maximum absolute atomic E-state index is 12.7. The Balaban J connectivity index is 1.88. The maximum atomic E-state index is 12.7. The van der Waals surface area contributed by atoms with E-state index in [9.17, 15) is 4.79 Å². The molecule has 136 valence electrons. The van der Waals surface area contributed by atoms with E-state index in [1.807, 2.05) is 30.3 Å². The number of rotatable bonds is 6. The molecule has 0 fully saturated rings. The van der Waals surface area contributed by atoms with Crippen molar-refractivity contribution >= 4 is 31.6 Å². The summed E-state index contributed by atoms with van der Waals surface area (Å²) in [5, 5.41) is 1.08. The molecule has 1 unspecified atom stereocenters. The van der Waals surface area contributed by atoms with E-state index in [0.29, 0.717) is 21.0 Å². The van der Waals surface area contributed by atoms with Crippen molar-refractivity contribution in [1.29, 1.82) is 0 Å². The van der Waals surface area contributed by atoms with Crippen LogP contribution in [-0.4, -0.2) is 44.9 Å². The van der Waals surface area contributed by atoms with Crippen molar-refractivity contribution in [2.24, 2.45) is 5.41 Å². The van der Waals surface area contributed by atoms with Crippen molar-refractivity contribution < 1.29 is 14.1 Å². The zero-order valence-electron chi connectivity index (χ0n) is 15.6.